The maximum Gasteiger partial charge on any atom is 0.257 e. The van der Waals surface area contributed by atoms with Crippen LogP contribution in [0.3, 0.4) is 0 Å². The second-order valence-corrected chi connectivity index (χ2v) is 5.57. The molecule has 0 spiro atoms. The Morgan fingerprint density at radius 3 is 2.11 bits per heavy atom. The molecule has 0 radical (unpaired) electrons. The first-order chi connectivity index (χ1) is 13.0. The Morgan fingerprint density at radius 1 is 0.889 bits per heavy atom. The van der Waals surface area contributed by atoms with Crippen LogP contribution in [-0.4, -0.2) is 16.8 Å². The number of hydrogen-bond donors (Lipinski definition) is 2. The zero-order valence-corrected chi connectivity index (χ0v) is 13.9. The van der Waals surface area contributed by atoms with E-state index < -0.39 is 17.6 Å². The first kappa shape index (κ1) is 17.8. The van der Waals surface area contributed by atoms with Gasteiger partial charge in [0.25, 0.3) is 11.8 Å². The summed E-state index contributed by atoms with van der Waals surface area (Å²) in [4.78, 5) is 28.6. The van der Waals surface area contributed by atoms with Gasteiger partial charge in [-0.2, -0.15) is 5.26 Å². The molecule has 27 heavy (non-hydrogen) atoms. The summed E-state index contributed by atoms with van der Waals surface area (Å²) in [5.41, 5.74) is 1.63. The van der Waals surface area contributed by atoms with E-state index in [1.807, 2.05) is 6.07 Å². The summed E-state index contributed by atoms with van der Waals surface area (Å²) in [6.45, 7) is 0. The molecule has 0 fully saturated rings. The van der Waals surface area contributed by atoms with Gasteiger partial charge in [-0.3, -0.25) is 14.6 Å². The fourth-order valence-electron chi connectivity index (χ4n) is 2.29. The highest BCUT2D eigenvalue weighted by atomic mass is 19.1. The van der Waals surface area contributed by atoms with Crippen molar-refractivity contribution in [1.82, 2.24) is 4.98 Å². The summed E-state index contributed by atoms with van der Waals surface area (Å²) in [6.07, 6.45) is 2.64. The molecule has 0 aliphatic heterocycles. The van der Waals surface area contributed by atoms with Crippen LogP contribution in [0.25, 0.3) is 0 Å². The van der Waals surface area contributed by atoms with Crippen LogP contribution in [0.2, 0.25) is 0 Å². The van der Waals surface area contributed by atoms with E-state index in [2.05, 4.69) is 15.6 Å². The molecule has 6 nitrogen and oxygen atoms in total. The van der Waals surface area contributed by atoms with Crippen LogP contribution in [-0.2, 0) is 0 Å². The zero-order valence-electron chi connectivity index (χ0n) is 13.9. The third kappa shape index (κ3) is 4.52. The van der Waals surface area contributed by atoms with Gasteiger partial charge in [-0.15, -0.1) is 0 Å². The van der Waals surface area contributed by atoms with Crippen LogP contribution in [0.1, 0.15) is 26.3 Å². The SMILES string of the molecule is N#Cc1ccc(NC(=O)c2cncc(C(=O)Nc3cccc(F)c3)c2)cc1. The summed E-state index contributed by atoms with van der Waals surface area (Å²) in [5.74, 6) is -1.43. The van der Waals surface area contributed by atoms with Crippen molar-refractivity contribution in [3.05, 3.63) is 89.5 Å². The number of nitrogens with zero attached hydrogens (tertiary/aromatic N) is 2. The molecule has 7 heteroatoms. The number of nitriles is 1. The van der Waals surface area contributed by atoms with Crippen LogP contribution < -0.4 is 10.6 Å². The minimum Gasteiger partial charge on any atom is -0.322 e. The number of carbonyl (C=O) groups is 2. The highest BCUT2D eigenvalue weighted by Crippen LogP contribution is 2.14. The second-order valence-electron chi connectivity index (χ2n) is 5.57. The number of halogens is 1. The Labute approximate surface area is 154 Å². The Hall–Kier alpha value is -4.05. The average molecular weight is 360 g/mol. The van der Waals surface area contributed by atoms with E-state index in [1.165, 1.54) is 36.7 Å². The molecule has 0 bridgehead atoms. The van der Waals surface area contributed by atoms with Crippen LogP contribution in [0.4, 0.5) is 15.8 Å². The summed E-state index contributed by atoms with van der Waals surface area (Å²) >= 11 is 0. The molecule has 0 saturated heterocycles. The minimum absolute atomic E-state index is 0.159. The van der Waals surface area contributed by atoms with Gasteiger partial charge in [0.15, 0.2) is 0 Å². The summed E-state index contributed by atoms with van der Waals surface area (Å²) in [6, 6.07) is 15.2. The first-order valence-electron chi connectivity index (χ1n) is 7.88. The number of pyridine rings is 1. The van der Waals surface area contributed by atoms with E-state index in [4.69, 9.17) is 5.26 Å². The van der Waals surface area contributed by atoms with Crippen molar-refractivity contribution in [1.29, 1.82) is 5.26 Å². The fraction of sp³-hybridized carbons (Fsp3) is 0. The number of hydrogen-bond acceptors (Lipinski definition) is 4. The highest BCUT2D eigenvalue weighted by Gasteiger charge is 2.12. The molecule has 1 aromatic heterocycles. The second kappa shape index (κ2) is 7.89. The maximum absolute atomic E-state index is 13.2. The molecule has 0 atom stereocenters. The number of rotatable bonds is 4. The number of amides is 2. The largest absolute Gasteiger partial charge is 0.322 e. The smallest absolute Gasteiger partial charge is 0.257 e. The predicted octanol–water partition coefficient (Wildman–Crippen LogP) is 3.60. The van der Waals surface area contributed by atoms with E-state index in [-0.39, 0.29) is 11.1 Å². The number of benzene rings is 2. The van der Waals surface area contributed by atoms with Gasteiger partial charge in [-0.05, 0) is 48.5 Å². The predicted molar refractivity (Wildman–Crippen MR) is 97.7 cm³/mol. The van der Waals surface area contributed by atoms with Crippen LogP contribution in [0.15, 0.2) is 67.0 Å². The lowest BCUT2D eigenvalue weighted by Crippen LogP contribution is -2.16. The topological polar surface area (TPSA) is 94.9 Å². The number of aromatic nitrogens is 1. The molecule has 0 unspecified atom stereocenters. The van der Waals surface area contributed by atoms with Gasteiger partial charge in [-0.1, -0.05) is 6.07 Å². The summed E-state index contributed by atoms with van der Waals surface area (Å²) in [5, 5.41) is 14.0. The van der Waals surface area contributed by atoms with Gasteiger partial charge < -0.3 is 10.6 Å². The third-order valence-electron chi connectivity index (χ3n) is 3.62. The molecule has 0 aliphatic rings. The van der Waals surface area contributed by atoms with Gasteiger partial charge >= 0.3 is 0 Å². The lowest BCUT2D eigenvalue weighted by Gasteiger charge is -2.08. The Kier molecular flexibility index (Phi) is 5.19. The van der Waals surface area contributed by atoms with Gasteiger partial charge in [0.05, 0.1) is 22.8 Å². The maximum atomic E-state index is 13.2. The quantitative estimate of drug-likeness (QED) is 0.743. The number of anilines is 2. The molecule has 3 aromatic rings. The molecule has 2 amide bonds. The molecule has 132 valence electrons. The van der Waals surface area contributed by atoms with Crippen molar-refractivity contribution in [2.45, 2.75) is 0 Å². The normalized spacial score (nSPS) is 9.93. The molecule has 0 aliphatic carbocycles. The number of nitrogens with one attached hydrogen (secondary N) is 2. The zero-order chi connectivity index (χ0) is 19.2. The summed E-state index contributed by atoms with van der Waals surface area (Å²) < 4.78 is 13.2. The Morgan fingerprint density at radius 2 is 1.52 bits per heavy atom. The van der Waals surface area contributed by atoms with Gasteiger partial charge in [-0.25, -0.2) is 4.39 Å². The number of carbonyl (C=O) groups excluding carboxylic acids is 2. The van der Waals surface area contributed by atoms with Crippen molar-refractivity contribution in [3.63, 3.8) is 0 Å². The van der Waals surface area contributed by atoms with Crippen LogP contribution >= 0.6 is 0 Å². The minimum atomic E-state index is -0.513. The monoisotopic (exact) mass is 360 g/mol. The van der Waals surface area contributed by atoms with Crippen LogP contribution in [0.5, 0.6) is 0 Å². The van der Waals surface area contributed by atoms with Gasteiger partial charge in [0.2, 0.25) is 0 Å². The van der Waals surface area contributed by atoms with Crippen molar-refractivity contribution in [2.24, 2.45) is 0 Å². The van der Waals surface area contributed by atoms with Gasteiger partial charge in [0, 0.05) is 23.8 Å². The standard InChI is InChI=1S/C20H13FN4O2/c21-16-2-1-3-18(9-16)25-20(27)15-8-14(11-23-12-15)19(26)24-17-6-4-13(10-22)5-7-17/h1-9,11-12H,(H,24,26)(H,25,27). The van der Waals surface area contributed by atoms with Crippen LogP contribution in [0, 0.1) is 17.1 Å². The van der Waals surface area contributed by atoms with Crippen molar-refractivity contribution in [2.75, 3.05) is 10.6 Å². The fourth-order valence-corrected chi connectivity index (χ4v) is 2.29. The van der Waals surface area contributed by atoms with E-state index in [0.717, 1.165) is 0 Å². The van der Waals surface area contributed by atoms with E-state index in [9.17, 15) is 14.0 Å². The van der Waals surface area contributed by atoms with E-state index >= 15 is 0 Å². The van der Waals surface area contributed by atoms with Crippen molar-refractivity contribution in [3.8, 4) is 6.07 Å². The first-order valence-corrected chi connectivity index (χ1v) is 7.88. The van der Waals surface area contributed by atoms with Crippen molar-refractivity contribution >= 4 is 23.2 Å². The molecular formula is C20H13FN4O2. The third-order valence-corrected chi connectivity index (χ3v) is 3.62. The molecule has 0 saturated carbocycles. The summed E-state index contributed by atoms with van der Waals surface area (Å²) in [7, 11) is 0. The Bertz CT molecular complexity index is 1040. The molecule has 3 rings (SSSR count). The molecule has 2 aromatic carbocycles. The lowest BCUT2D eigenvalue weighted by atomic mass is 10.1. The average Bonchev–Trinajstić information content (AvgIpc) is 2.68. The molecular weight excluding hydrogens is 347 g/mol. The van der Waals surface area contributed by atoms with Gasteiger partial charge in [0.1, 0.15) is 5.82 Å². The molecule has 2 N–H and O–H groups in total. The lowest BCUT2D eigenvalue weighted by molar-refractivity contribution is 0.102. The molecule has 1 heterocycles. The highest BCUT2D eigenvalue weighted by molar-refractivity contribution is 6.08. The van der Waals surface area contributed by atoms with Crippen molar-refractivity contribution < 1.29 is 14.0 Å². The van der Waals surface area contributed by atoms with E-state index in [0.29, 0.717) is 16.9 Å². The Balaban J connectivity index is 1.73. The van der Waals surface area contributed by atoms with E-state index in [1.54, 1.807) is 30.3 Å².